The van der Waals surface area contributed by atoms with Gasteiger partial charge in [0.05, 0.1) is 5.69 Å². The van der Waals surface area contributed by atoms with Crippen molar-refractivity contribution in [3.8, 4) is 28.5 Å². The molecule has 0 aliphatic carbocycles. The van der Waals surface area contributed by atoms with Crippen molar-refractivity contribution in [2.45, 2.75) is 13.3 Å². The molecule has 0 aliphatic heterocycles. The second kappa shape index (κ2) is 8.48. The third kappa shape index (κ3) is 4.73. The molecule has 1 aromatic carbocycles. The first-order valence-corrected chi connectivity index (χ1v) is 9.43. The van der Waals surface area contributed by atoms with Crippen molar-refractivity contribution in [1.82, 2.24) is 19.9 Å². The molecule has 0 atom stereocenters. The number of aromatic nitrogens is 4. The molecule has 144 valence electrons. The molecule has 3 heterocycles. The van der Waals surface area contributed by atoms with Gasteiger partial charge < -0.3 is 10.4 Å². The van der Waals surface area contributed by atoms with Gasteiger partial charge in [-0.05, 0) is 55.3 Å². The van der Waals surface area contributed by atoms with E-state index >= 15 is 0 Å². The molecular weight excluding hydrogens is 362 g/mol. The molecule has 0 bridgehead atoms. The smallest absolute Gasteiger partial charge is 0.180 e. The highest BCUT2D eigenvalue weighted by Crippen LogP contribution is 2.23. The van der Waals surface area contributed by atoms with Gasteiger partial charge in [-0.15, -0.1) is 0 Å². The normalized spacial score (nSPS) is 10.7. The third-order valence-electron chi connectivity index (χ3n) is 4.46. The van der Waals surface area contributed by atoms with Gasteiger partial charge in [0.1, 0.15) is 17.3 Å². The zero-order chi connectivity index (χ0) is 20.1. The van der Waals surface area contributed by atoms with Crippen LogP contribution in [0.15, 0.2) is 73.1 Å². The van der Waals surface area contributed by atoms with Crippen LogP contribution < -0.4 is 5.32 Å². The molecule has 4 aromatic rings. The van der Waals surface area contributed by atoms with Crippen molar-refractivity contribution < 1.29 is 5.11 Å². The van der Waals surface area contributed by atoms with E-state index in [-0.39, 0.29) is 5.75 Å². The highest BCUT2D eigenvalue weighted by molar-refractivity contribution is 5.65. The zero-order valence-electron chi connectivity index (χ0n) is 16.1. The molecule has 6 heteroatoms. The van der Waals surface area contributed by atoms with Crippen LogP contribution >= 0.6 is 0 Å². The summed E-state index contributed by atoms with van der Waals surface area (Å²) in [6.45, 7) is 2.65. The summed E-state index contributed by atoms with van der Waals surface area (Å²) in [5, 5.41) is 12.8. The molecule has 0 spiro atoms. The van der Waals surface area contributed by atoms with Crippen molar-refractivity contribution >= 4 is 5.82 Å². The maximum absolute atomic E-state index is 9.41. The van der Waals surface area contributed by atoms with Crippen molar-refractivity contribution in [1.29, 1.82) is 0 Å². The quantitative estimate of drug-likeness (QED) is 0.517. The molecule has 3 aromatic heterocycles. The van der Waals surface area contributed by atoms with Crippen LogP contribution in [0.1, 0.15) is 11.3 Å². The number of aryl methyl sites for hydroxylation is 1. The molecular formula is C23H21N5O. The number of hydrogen-bond acceptors (Lipinski definition) is 6. The molecule has 0 amide bonds. The number of anilines is 1. The van der Waals surface area contributed by atoms with Gasteiger partial charge in [-0.3, -0.25) is 4.98 Å². The average molecular weight is 383 g/mol. The maximum atomic E-state index is 9.41. The van der Waals surface area contributed by atoms with Crippen LogP contribution in [0.4, 0.5) is 5.82 Å². The van der Waals surface area contributed by atoms with E-state index in [2.05, 4.69) is 20.3 Å². The number of phenolic OH excluding ortho intramolecular Hbond substituents is 1. The molecule has 0 aliphatic rings. The topological polar surface area (TPSA) is 83.8 Å². The zero-order valence-corrected chi connectivity index (χ0v) is 16.1. The SMILES string of the molecule is Cc1cccc(-c2nc(NCCc3ccc(O)cc3)cc(-c3cccnc3)n2)n1. The Morgan fingerprint density at radius 2 is 1.76 bits per heavy atom. The average Bonchev–Trinajstić information content (AvgIpc) is 2.76. The highest BCUT2D eigenvalue weighted by Gasteiger charge is 2.10. The van der Waals surface area contributed by atoms with E-state index in [0.717, 1.165) is 40.4 Å². The molecule has 6 nitrogen and oxygen atoms in total. The van der Waals surface area contributed by atoms with Gasteiger partial charge in [-0.25, -0.2) is 15.0 Å². The summed E-state index contributed by atoms with van der Waals surface area (Å²) >= 11 is 0. The van der Waals surface area contributed by atoms with Gasteiger partial charge >= 0.3 is 0 Å². The standard InChI is InChI=1S/C23H21N5O/c1-16-4-2-6-20(26-16)23-27-21(18-5-3-12-24-15-18)14-22(28-23)25-13-11-17-7-9-19(29)10-8-17/h2-10,12,14-15,29H,11,13H2,1H3,(H,25,27,28). The van der Waals surface area contributed by atoms with Crippen molar-refractivity contribution in [2.75, 3.05) is 11.9 Å². The Hall–Kier alpha value is -3.80. The largest absolute Gasteiger partial charge is 0.508 e. The molecule has 0 saturated carbocycles. The molecule has 4 rings (SSSR count). The minimum Gasteiger partial charge on any atom is -0.508 e. The number of rotatable bonds is 6. The first-order valence-electron chi connectivity index (χ1n) is 9.43. The van der Waals surface area contributed by atoms with E-state index in [1.807, 2.05) is 55.5 Å². The first kappa shape index (κ1) is 18.6. The summed E-state index contributed by atoms with van der Waals surface area (Å²) in [4.78, 5) is 18.1. The molecule has 29 heavy (non-hydrogen) atoms. The van der Waals surface area contributed by atoms with E-state index in [4.69, 9.17) is 4.98 Å². The minimum atomic E-state index is 0.272. The van der Waals surface area contributed by atoms with Crippen LogP contribution in [0, 0.1) is 6.92 Å². The van der Waals surface area contributed by atoms with E-state index in [9.17, 15) is 5.11 Å². The fraction of sp³-hybridized carbons (Fsp3) is 0.130. The van der Waals surface area contributed by atoms with E-state index in [0.29, 0.717) is 12.4 Å². The number of pyridine rings is 2. The van der Waals surface area contributed by atoms with Crippen LogP contribution in [0.2, 0.25) is 0 Å². The lowest BCUT2D eigenvalue weighted by molar-refractivity contribution is 0.475. The predicted molar refractivity (Wildman–Crippen MR) is 114 cm³/mol. The summed E-state index contributed by atoms with van der Waals surface area (Å²) < 4.78 is 0. The Morgan fingerprint density at radius 3 is 2.52 bits per heavy atom. The Balaban J connectivity index is 1.61. The minimum absolute atomic E-state index is 0.272. The fourth-order valence-electron chi connectivity index (χ4n) is 2.98. The molecule has 0 radical (unpaired) electrons. The van der Waals surface area contributed by atoms with Crippen LogP contribution in [-0.2, 0) is 6.42 Å². The lowest BCUT2D eigenvalue weighted by Gasteiger charge is -2.10. The van der Waals surface area contributed by atoms with Crippen LogP contribution in [-0.4, -0.2) is 31.6 Å². The van der Waals surface area contributed by atoms with Crippen molar-refractivity contribution in [2.24, 2.45) is 0 Å². The van der Waals surface area contributed by atoms with E-state index in [1.54, 1.807) is 24.5 Å². The van der Waals surface area contributed by atoms with Crippen LogP contribution in [0.3, 0.4) is 0 Å². The summed E-state index contributed by atoms with van der Waals surface area (Å²) in [5.41, 5.74) is 4.50. The van der Waals surface area contributed by atoms with Gasteiger partial charge in [0.2, 0.25) is 0 Å². The Bertz CT molecular complexity index is 1100. The van der Waals surface area contributed by atoms with E-state index in [1.165, 1.54) is 0 Å². The van der Waals surface area contributed by atoms with E-state index < -0.39 is 0 Å². The Kier molecular flexibility index (Phi) is 5.42. The number of aromatic hydroxyl groups is 1. The maximum Gasteiger partial charge on any atom is 0.180 e. The van der Waals surface area contributed by atoms with Crippen molar-refractivity contribution in [3.05, 3.63) is 84.3 Å². The van der Waals surface area contributed by atoms with Gasteiger partial charge in [-0.2, -0.15) is 0 Å². The van der Waals surface area contributed by atoms with Crippen LogP contribution in [0.25, 0.3) is 22.8 Å². The number of phenols is 1. The highest BCUT2D eigenvalue weighted by atomic mass is 16.3. The number of nitrogens with one attached hydrogen (secondary N) is 1. The first-order chi connectivity index (χ1) is 14.2. The van der Waals surface area contributed by atoms with Crippen LogP contribution in [0.5, 0.6) is 5.75 Å². The number of hydrogen-bond donors (Lipinski definition) is 2. The summed E-state index contributed by atoms with van der Waals surface area (Å²) in [7, 11) is 0. The number of nitrogens with zero attached hydrogens (tertiary/aromatic N) is 4. The molecule has 0 unspecified atom stereocenters. The molecule has 0 saturated heterocycles. The monoisotopic (exact) mass is 383 g/mol. The Morgan fingerprint density at radius 1 is 0.897 bits per heavy atom. The van der Waals surface area contributed by atoms with Crippen molar-refractivity contribution in [3.63, 3.8) is 0 Å². The fourth-order valence-corrected chi connectivity index (χ4v) is 2.98. The summed E-state index contributed by atoms with van der Waals surface area (Å²) in [5.74, 6) is 1.58. The Labute approximate surface area is 169 Å². The number of benzene rings is 1. The van der Waals surface area contributed by atoms with Gasteiger partial charge in [0.15, 0.2) is 5.82 Å². The lowest BCUT2D eigenvalue weighted by atomic mass is 10.1. The summed E-state index contributed by atoms with van der Waals surface area (Å²) in [6, 6.07) is 18.8. The van der Waals surface area contributed by atoms with Gasteiger partial charge in [0, 0.05) is 36.3 Å². The molecule has 2 N–H and O–H groups in total. The second-order valence-corrected chi connectivity index (χ2v) is 6.71. The second-order valence-electron chi connectivity index (χ2n) is 6.71. The van der Waals surface area contributed by atoms with Gasteiger partial charge in [0.25, 0.3) is 0 Å². The predicted octanol–water partition coefficient (Wildman–Crippen LogP) is 4.27. The molecule has 0 fully saturated rings. The summed E-state index contributed by atoms with van der Waals surface area (Å²) in [6.07, 6.45) is 4.34. The van der Waals surface area contributed by atoms with Gasteiger partial charge in [-0.1, -0.05) is 18.2 Å². The third-order valence-corrected chi connectivity index (χ3v) is 4.46. The lowest BCUT2D eigenvalue weighted by Crippen LogP contribution is -2.08.